The van der Waals surface area contributed by atoms with Gasteiger partial charge in [0.2, 0.25) is 0 Å². The Labute approximate surface area is 165 Å². The Hall–Kier alpha value is -3.65. The molecule has 2 N–H and O–H groups in total. The zero-order valence-corrected chi connectivity index (χ0v) is 15.7. The van der Waals surface area contributed by atoms with E-state index in [0.717, 1.165) is 10.8 Å². The van der Waals surface area contributed by atoms with Gasteiger partial charge in [-0.05, 0) is 60.2 Å². The Kier molecular flexibility index (Phi) is 5.01. The molecular weight excluding hydrogens is 374 g/mol. The molecule has 0 fully saturated rings. The topological polar surface area (TPSA) is 107 Å². The summed E-state index contributed by atoms with van der Waals surface area (Å²) in [6, 6.07) is 13.7. The van der Waals surface area contributed by atoms with Crippen molar-refractivity contribution in [3.05, 3.63) is 54.1 Å². The summed E-state index contributed by atoms with van der Waals surface area (Å²) in [7, 11) is 0. The number of carbonyl (C=O) groups is 1. The highest BCUT2D eigenvalue weighted by molar-refractivity contribution is 5.93. The van der Waals surface area contributed by atoms with E-state index in [-0.39, 0.29) is 19.0 Å². The number of rotatable bonds is 6. The van der Waals surface area contributed by atoms with Gasteiger partial charge in [-0.15, -0.1) is 15.0 Å². The molecule has 4 aromatic rings. The number of aromatic nitrogens is 3. The third kappa shape index (κ3) is 3.70. The van der Waals surface area contributed by atoms with Crippen molar-refractivity contribution in [2.45, 2.75) is 6.92 Å². The van der Waals surface area contributed by atoms with E-state index in [1.807, 2.05) is 12.1 Å². The molecule has 8 nitrogen and oxygen atoms in total. The third-order valence-electron chi connectivity index (χ3n) is 4.37. The molecule has 0 amide bonds. The second-order valence-corrected chi connectivity index (χ2v) is 6.34. The van der Waals surface area contributed by atoms with Crippen LogP contribution in [0.1, 0.15) is 17.3 Å². The van der Waals surface area contributed by atoms with Crippen LogP contribution in [0.4, 0.5) is 0 Å². The Morgan fingerprint density at radius 3 is 2.66 bits per heavy atom. The standard InChI is InChI=1S/C21H19N3O5/c1-2-28-21(27)14-4-6-17-18(10-14)23-24(22-17)19-11-15-9-16(29-8-7-25)5-3-13(15)12-20(19)26/h3-6,9-12,25-26H,2,7-8H2,1H3. The van der Waals surface area contributed by atoms with Gasteiger partial charge in [-0.1, -0.05) is 6.07 Å². The minimum absolute atomic E-state index is 0.0208. The van der Waals surface area contributed by atoms with Crippen LogP contribution >= 0.6 is 0 Å². The van der Waals surface area contributed by atoms with Crippen LogP contribution in [0.5, 0.6) is 11.5 Å². The largest absolute Gasteiger partial charge is 0.506 e. The molecule has 0 atom stereocenters. The predicted octanol–water partition coefficient (Wildman–Crippen LogP) is 2.83. The van der Waals surface area contributed by atoms with E-state index >= 15 is 0 Å². The van der Waals surface area contributed by atoms with Crippen LogP contribution in [-0.2, 0) is 4.74 Å². The molecule has 29 heavy (non-hydrogen) atoms. The number of nitrogens with zero attached hydrogens (tertiary/aromatic N) is 3. The van der Waals surface area contributed by atoms with Crippen LogP contribution < -0.4 is 4.74 Å². The highest BCUT2D eigenvalue weighted by Crippen LogP contribution is 2.30. The molecule has 0 spiro atoms. The van der Waals surface area contributed by atoms with Gasteiger partial charge >= 0.3 is 5.97 Å². The van der Waals surface area contributed by atoms with Crippen molar-refractivity contribution < 1.29 is 24.5 Å². The lowest BCUT2D eigenvalue weighted by atomic mass is 10.1. The van der Waals surface area contributed by atoms with Crippen molar-refractivity contribution in [1.29, 1.82) is 0 Å². The summed E-state index contributed by atoms with van der Waals surface area (Å²) >= 11 is 0. The number of phenolic OH excluding ortho intramolecular Hbond substituents is 1. The number of esters is 1. The molecule has 0 saturated carbocycles. The fourth-order valence-corrected chi connectivity index (χ4v) is 3.03. The predicted molar refractivity (Wildman–Crippen MR) is 107 cm³/mol. The fraction of sp³-hybridized carbons (Fsp3) is 0.190. The number of ether oxygens (including phenoxy) is 2. The molecule has 0 aliphatic heterocycles. The smallest absolute Gasteiger partial charge is 0.338 e. The summed E-state index contributed by atoms with van der Waals surface area (Å²) in [5.74, 6) is 0.209. The van der Waals surface area contributed by atoms with Crippen LogP contribution in [0.3, 0.4) is 0 Å². The Bertz CT molecular complexity index is 1200. The minimum Gasteiger partial charge on any atom is -0.506 e. The van der Waals surface area contributed by atoms with Crippen molar-refractivity contribution in [3.63, 3.8) is 0 Å². The lowest BCUT2D eigenvalue weighted by Gasteiger charge is -2.08. The number of carbonyl (C=O) groups excluding carboxylic acids is 1. The Balaban J connectivity index is 1.75. The van der Waals surface area contributed by atoms with Crippen molar-refractivity contribution in [2.75, 3.05) is 19.8 Å². The van der Waals surface area contributed by atoms with Gasteiger partial charge in [0.15, 0.2) is 0 Å². The molecule has 8 heteroatoms. The van der Waals surface area contributed by atoms with Crippen molar-refractivity contribution in [2.24, 2.45) is 0 Å². The maximum Gasteiger partial charge on any atom is 0.338 e. The van der Waals surface area contributed by atoms with Gasteiger partial charge in [0.05, 0.1) is 18.8 Å². The minimum atomic E-state index is -0.423. The summed E-state index contributed by atoms with van der Waals surface area (Å²) in [5, 5.41) is 29.8. The molecule has 0 bridgehead atoms. The first-order valence-electron chi connectivity index (χ1n) is 9.14. The lowest BCUT2D eigenvalue weighted by molar-refractivity contribution is 0.0526. The molecule has 3 aromatic carbocycles. The molecule has 148 valence electrons. The molecule has 0 saturated heterocycles. The monoisotopic (exact) mass is 393 g/mol. The van der Waals surface area contributed by atoms with Crippen molar-refractivity contribution in [1.82, 2.24) is 15.0 Å². The van der Waals surface area contributed by atoms with Gasteiger partial charge in [-0.2, -0.15) is 0 Å². The van der Waals surface area contributed by atoms with E-state index in [2.05, 4.69) is 10.2 Å². The SMILES string of the molecule is CCOC(=O)c1ccc2nn(-c3cc4cc(OCCO)ccc4cc3O)nc2c1. The Morgan fingerprint density at radius 2 is 1.86 bits per heavy atom. The number of fused-ring (bicyclic) bond motifs is 2. The average Bonchev–Trinajstić information content (AvgIpc) is 3.15. The van der Waals surface area contributed by atoms with Crippen molar-refractivity contribution >= 4 is 27.8 Å². The van der Waals surface area contributed by atoms with Gasteiger partial charge in [0, 0.05) is 0 Å². The molecule has 0 radical (unpaired) electrons. The zero-order valence-electron chi connectivity index (χ0n) is 15.7. The summed E-state index contributed by atoms with van der Waals surface area (Å²) in [6.07, 6.45) is 0. The molecule has 1 aromatic heterocycles. The quantitative estimate of drug-likeness (QED) is 0.485. The maximum atomic E-state index is 11.9. The van der Waals surface area contributed by atoms with E-state index in [1.165, 1.54) is 4.80 Å². The summed E-state index contributed by atoms with van der Waals surface area (Å²) in [4.78, 5) is 13.3. The molecule has 1 heterocycles. The van der Waals surface area contributed by atoms with Crippen LogP contribution in [0, 0.1) is 0 Å². The van der Waals surface area contributed by atoms with E-state index in [1.54, 1.807) is 43.3 Å². The van der Waals surface area contributed by atoms with E-state index in [4.69, 9.17) is 14.6 Å². The lowest BCUT2D eigenvalue weighted by Crippen LogP contribution is -2.04. The summed E-state index contributed by atoms with van der Waals surface area (Å²) < 4.78 is 10.5. The number of aliphatic hydroxyl groups excluding tert-OH is 1. The van der Waals surface area contributed by atoms with Crippen LogP contribution in [-0.4, -0.2) is 51.0 Å². The fourth-order valence-electron chi connectivity index (χ4n) is 3.03. The van der Waals surface area contributed by atoms with E-state index in [0.29, 0.717) is 34.6 Å². The van der Waals surface area contributed by atoms with Gasteiger partial charge in [0.25, 0.3) is 0 Å². The van der Waals surface area contributed by atoms with Gasteiger partial charge in [-0.25, -0.2) is 4.79 Å². The zero-order chi connectivity index (χ0) is 20.4. The molecule has 0 aliphatic carbocycles. The molecule has 0 aliphatic rings. The molecule has 4 rings (SSSR count). The highest BCUT2D eigenvalue weighted by atomic mass is 16.5. The maximum absolute atomic E-state index is 11.9. The second-order valence-electron chi connectivity index (χ2n) is 6.34. The first-order chi connectivity index (χ1) is 14.1. The second kappa shape index (κ2) is 7.76. The number of phenols is 1. The first kappa shape index (κ1) is 18.7. The summed E-state index contributed by atoms with van der Waals surface area (Å²) in [6.45, 7) is 2.16. The number of hydrogen-bond donors (Lipinski definition) is 2. The van der Waals surface area contributed by atoms with Gasteiger partial charge < -0.3 is 19.7 Å². The third-order valence-corrected chi connectivity index (χ3v) is 4.37. The molecule has 0 unspecified atom stereocenters. The van der Waals surface area contributed by atoms with Crippen LogP contribution in [0.15, 0.2) is 48.5 Å². The first-order valence-corrected chi connectivity index (χ1v) is 9.14. The van der Waals surface area contributed by atoms with Gasteiger partial charge in [-0.3, -0.25) is 0 Å². The Morgan fingerprint density at radius 1 is 1.03 bits per heavy atom. The van der Waals surface area contributed by atoms with Crippen LogP contribution in [0.2, 0.25) is 0 Å². The van der Waals surface area contributed by atoms with Gasteiger partial charge in [0.1, 0.15) is 34.8 Å². The average molecular weight is 393 g/mol. The normalized spacial score (nSPS) is 11.1. The summed E-state index contributed by atoms with van der Waals surface area (Å²) in [5.41, 5.74) is 1.87. The number of aliphatic hydroxyl groups is 1. The highest BCUT2D eigenvalue weighted by Gasteiger charge is 2.13. The van der Waals surface area contributed by atoms with E-state index < -0.39 is 5.97 Å². The number of aromatic hydroxyl groups is 1. The molecular formula is C21H19N3O5. The number of benzene rings is 3. The van der Waals surface area contributed by atoms with E-state index in [9.17, 15) is 9.90 Å². The van der Waals surface area contributed by atoms with Crippen molar-refractivity contribution in [3.8, 4) is 17.2 Å². The van der Waals surface area contributed by atoms with Crippen LogP contribution in [0.25, 0.3) is 27.5 Å². The number of hydrogen-bond acceptors (Lipinski definition) is 7.